The van der Waals surface area contributed by atoms with Crippen LogP contribution < -0.4 is 0 Å². The van der Waals surface area contributed by atoms with Crippen molar-refractivity contribution in [1.29, 1.82) is 0 Å². The SMILES string of the molecule is C1CC[Si](C2CCCC2)OC1. The second kappa shape index (κ2) is 3.72. The highest BCUT2D eigenvalue weighted by Gasteiger charge is 2.29. The van der Waals surface area contributed by atoms with Crippen LogP contribution in [-0.2, 0) is 4.43 Å². The van der Waals surface area contributed by atoms with E-state index in [0.29, 0.717) is 0 Å². The van der Waals surface area contributed by atoms with Crippen molar-refractivity contribution >= 4 is 9.04 Å². The molecule has 1 aliphatic heterocycles. The Morgan fingerprint density at radius 2 is 1.82 bits per heavy atom. The quantitative estimate of drug-likeness (QED) is 0.548. The van der Waals surface area contributed by atoms with E-state index in [4.69, 9.17) is 4.43 Å². The molecule has 0 aromatic heterocycles. The molecule has 0 unspecified atom stereocenters. The predicted molar refractivity (Wildman–Crippen MR) is 48.0 cm³/mol. The standard InChI is InChI=1S/C9H17OSi/c1-2-6-9(5-1)11-8-4-3-7-10-11/h9H,1-8H2. The molecule has 1 aliphatic carbocycles. The topological polar surface area (TPSA) is 9.23 Å². The van der Waals surface area contributed by atoms with E-state index in [9.17, 15) is 0 Å². The van der Waals surface area contributed by atoms with Crippen LogP contribution in [0, 0.1) is 0 Å². The van der Waals surface area contributed by atoms with Gasteiger partial charge in [0.15, 0.2) is 0 Å². The van der Waals surface area contributed by atoms with E-state index in [1.54, 1.807) is 0 Å². The van der Waals surface area contributed by atoms with Gasteiger partial charge >= 0.3 is 0 Å². The van der Waals surface area contributed by atoms with Crippen LogP contribution in [0.3, 0.4) is 0 Å². The van der Waals surface area contributed by atoms with Gasteiger partial charge in [0.1, 0.15) is 0 Å². The third-order valence-corrected chi connectivity index (χ3v) is 5.82. The molecule has 0 bridgehead atoms. The fourth-order valence-electron chi connectivity index (χ4n) is 2.25. The van der Waals surface area contributed by atoms with E-state index in [0.717, 1.165) is 12.1 Å². The minimum atomic E-state index is -0.326. The van der Waals surface area contributed by atoms with Gasteiger partial charge in [-0.15, -0.1) is 0 Å². The van der Waals surface area contributed by atoms with Crippen molar-refractivity contribution in [3.63, 3.8) is 0 Å². The van der Waals surface area contributed by atoms with E-state index in [-0.39, 0.29) is 9.04 Å². The number of hydrogen-bond donors (Lipinski definition) is 0. The summed E-state index contributed by atoms with van der Waals surface area (Å²) in [6, 6.07) is 1.44. The molecule has 1 saturated carbocycles. The number of rotatable bonds is 1. The molecule has 2 aliphatic rings. The van der Waals surface area contributed by atoms with Crippen molar-refractivity contribution in [2.75, 3.05) is 6.61 Å². The minimum absolute atomic E-state index is 0.326. The maximum absolute atomic E-state index is 5.86. The average Bonchev–Trinajstić information content (AvgIpc) is 2.58. The van der Waals surface area contributed by atoms with Crippen molar-refractivity contribution in [3.8, 4) is 0 Å². The van der Waals surface area contributed by atoms with Crippen LogP contribution in [0.2, 0.25) is 11.6 Å². The first-order valence-electron chi connectivity index (χ1n) is 4.95. The Hall–Kier alpha value is 0.177. The Morgan fingerprint density at radius 1 is 1.00 bits per heavy atom. The van der Waals surface area contributed by atoms with Crippen molar-refractivity contribution in [2.24, 2.45) is 0 Å². The largest absolute Gasteiger partial charge is 0.416 e. The van der Waals surface area contributed by atoms with Gasteiger partial charge in [0.25, 0.3) is 0 Å². The summed E-state index contributed by atoms with van der Waals surface area (Å²) in [7, 11) is -0.326. The van der Waals surface area contributed by atoms with Crippen LogP contribution in [0.1, 0.15) is 38.5 Å². The van der Waals surface area contributed by atoms with Crippen molar-refractivity contribution in [2.45, 2.75) is 50.1 Å². The van der Waals surface area contributed by atoms with Gasteiger partial charge in [-0.05, 0) is 18.0 Å². The molecule has 0 aromatic rings. The van der Waals surface area contributed by atoms with Crippen LogP contribution in [-0.4, -0.2) is 15.6 Å². The smallest absolute Gasteiger partial charge is 0.214 e. The molecule has 0 atom stereocenters. The third-order valence-electron chi connectivity index (χ3n) is 2.92. The Bertz CT molecular complexity index is 115. The molecule has 0 amide bonds. The number of hydrogen-bond acceptors (Lipinski definition) is 1. The molecule has 1 heterocycles. The fourth-order valence-corrected chi connectivity index (χ4v) is 5.09. The summed E-state index contributed by atoms with van der Waals surface area (Å²) in [6.07, 6.45) is 8.68. The lowest BCUT2D eigenvalue weighted by Gasteiger charge is -2.24. The van der Waals surface area contributed by atoms with Crippen molar-refractivity contribution < 1.29 is 4.43 Å². The summed E-state index contributed by atoms with van der Waals surface area (Å²) in [5.41, 5.74) is 1.03. The van der Waals surface area contributed by atoms with E-state index < -0.39 is 0 Å². The molecule has 1 saturated heterocycles. The van der Waals surface area contributed by atoms with Crippen LogP contribution >= 0.6 is 0 Å². The zero-order chi connectivity index (χ0) is 7.52. The molecule has 0 spiro atoms. The third kappa shape index (κ3) is 1.85. The zero-order valence-electron chi connectivity index (χ0n) is 7.14. The minimum Gasteiger partial charge on any atom is -0.416 e. The van der Waals surface area contributed by atoms with Gasteiger partial charge in [0.05, 0.1) is 0 Å². The highest BCUT2D eigenvalue weighted by Crippen LogP contribution is 2.36. The maximum atomic E-state index is 5.86. The molecule has 1 nitrogen and oxygen atoms in total. The summed E-state index contributed by atoms with van der Waals surface area (Å²) in [5.74, 6) is 0. The first-order valence-corrected chi connectivity index (χ1v) is 6.64. The molecule has 11 heavy (non-hydrogen) atoms. The Labute approximate surface area is 70.9 Å². The maximum Gasteiger partial charge on any atom is 0.214 e. The molecule has 0 aromatic carbocycles. The van der Waals surface area contributed by atoms with Crippen molar-refractivity contribution in [1.82, 2.24) is 0 Å². The molecular weight excluding hydrogens is 152 g/mol. The monoisotopic (exact) mass is 169 g/mol. The fraction of sp³-hybridized carbons (Fsp3) is 1.00. The molecule has 1 radical (unpaired) electrons. The Balaban J connectivity index is 1.82. The molecule has 0 N–H and O–H groups in total. The average molecular weight is 169 g/mol. The van der Waals surface area contributed by atoms with Crippen LogP contribution in [0.4, 0.5) is 0 Å². The second-order valence-electron chi connectivity index (χ2n) is 3.75. The Kier molecular flexibility index (Phi) is 2.64. The lowest BCUT2D eigenvalue weighted by atomic mass is 10.3. The van der Waals surface area contributed by atoms with E-state index in [1.807, 2.05) is 0 Å². The zero-order valence-corrected chi connectivity index (χ0v) is 8.14. The molecular formula is C9H17OSi. The molecule has 2 rings (SSSR count). The summed E-state index contributed by atoms with van der Waals surface area (Å²) < 4.78 is 5.86. The molecule has 2 heteroatoms. The van der Waals surface area contributed by atoms with E-state index in [2.05, 4.69) is 0 Å². The highest BCUT2D eigenvalue weighted by molar-refractivity contribution is 6.53. The van der Waals surface area contributed by atoms with Crippen LogP contribution in [0.15, 0.2) is 0 Å². The van der Waals surface area contributed by atoms with Gasteiger partial charge < -0.3 is 4.43 Å². The van der Waals surface area contributed by atoms with Crippen LogP contribution in [0.25, 0.3) is 0 Å². The van der Waals surface area contributed by atoms with Gasteiger partial charge in [-0.1, -0.05) is 32.1 Å². The van der Waals surface area contributed by atoms with Gasteiger partial charge in [-0.3, -0.25) is 0 Å². The van der Waals surface area contributed by atoms with Crippen molar-refractivity contribution in [3.05, 3.63) is 0 Å². The van der Waals surface area contributed by atoms with E-state index >= 15 is 0 Å². The van der Waals surface area contributed by atoms with Gasteiger partial charge in [-0.25, -0.2) is 0 Å². The predicted octanol–water partition coefficient (Wildman–Crippen LogP) is 2.73. The summed E-state index contributed by atoms with van der Waals surface area (Å²) in [4.78, 5) is 0. The first-order chi connectivity index (χ1) is 5.47. The van der Waals surface area contributed by atoms with Gasteiger partial charge in [0, 0.05) is 6.61 Å². The first kappa shape index (κ1) is 7.81. The normalized spacial score (nSPS) is 29.5. The lowest BCUT2D eigenvalue weighted by Crippen LogP contribution is -2.27. The van der Waals surface area contributed by atoms with Crippen LogP contribution in [0.5, 0.6) is 0 Å². The second-order valence-corrected chi connectivity index (χ2v) is 6.29. The highest BCUT2D eigenvalue weighted by atomic mass is 28.3. The molecule has 63 valence electrons. The summed E-state index contributed by atoms with van der Waals surface area (Å²) in [5, 5.41) is 0. The Morgan fingerprint density at radius 3 is 2.45 bits per heavy atom. The lowest BCUT2D eigenvalue weighted by molar-refractivity contribution is 0.279. The van der Waals surface area contributed by atoms with E-state index in [1.165, 1.54) is 44.6 Å². The molecule has 2 fully saturated rings. The summed E-state index contributed by atoms with van der Waals surface area (Å²) >= 11 is 0. The van der Waals surface area contributed by atoms with Gasteiger partial charge in [-0.2, -0.15) is 0 Å². The van der Waals surface area contributed by atoms with Gasteiger partial charge in [0.2, 0.25) is 9.04 Å². The summed E-state index contributed by atoms with van der Waals surface area (Å²) in [6.45, 7) is 1.07.